The van der Waals surface area contributed by atoms with Crippen LogP contribution in [0.25, 0.3) is 0 Å². The Morgan fingerprint density at radius 1 is 1.38 bits per heavy atom. The minimum Gasteiger partial charge on any atom is -0.481 e. The van der Waals surface area contributed by atoms with E-state index in [4.69, 9.17) is 9.84 Å². The van der Waals surface area contributed by atoms with Crippen LogP contribution in [0.1, 0.15) is 20.3 Å². The third-order valence-corrected chi connectivity index (χ3v) is 1.50. The lowest BCUT2D eigenvalue weighted by Crippen LogP contribution is -2.33. The number of carboxylic acids is 1. The van der Waals surface area contributed by atoms with Crippen molar-refractivity contribution in [2.24, 2.45) is 0 Å². The van der Waals surface area contributed by atoms with Crippen LogP contribution in [0.2, 0.25) is 0 Å². The zero-order valence-corrected chi connectivity index (χ0v) is 7.95. The van der Waals surface area contributed by atoms with E-state index >= 15 is 0 Å². The SMILES string of the molecule is CCOC(=O)N(CC)CCC(=O)O. The van der Waals surface area contributed by atoms with Gasteiger partial charge >= 0.3 is 12.1 Å². The van der Waals surface area contributed by atoms with Gasteiger partial charge in [0, 0.05) is 13.1 Å². The molecule has 0 unspecified atom stereocenters. The van der Waals surface area contributed by atoms with Gasteiger partial charge in [-0.05, 0) is 13.8 Å². The highest BCUT2D eigenvalue weighted by atomic mass is 16.6. The van der Waals surface area contributed by atoms with Gasteiger partial charge in [-0.25, -0.2) is 4.79 Å². The van der Waals surface area contributed by atoms with Crippen LogP contribution in [0.4, 0.5) is 4.79 Å². The van der Waals surface area contributed by atoms with Crippen LogP contribution in [-0.2, 0) is 9.53 Å². The van der Waals surface area contributed by atoms with Crippen molar-refractivity contribution in [3.8, 4) is 0 Å². The molecule has 5 nitrogen and oxygen atoms in total. The molecule has 0 aliphatic heterocycles. The average Bonchev–Trinajstić information content (AvgIpc) is 2.05. The molecule has 0 fully saturated rings. The molecule has 0 aliphatic rings. The third kappa shape index (κ3) is 5.05. The second-order valence-corrected chi connectivity index (χ2v) is 2.42. The second kappa shape index (κ2) is 6.28. The standard InChI is InChI=1S/C8H15NO4/c1-3-9(6-5-7(10)11)8(12)13-4-2/h3-6H2,1-2H3,(H,10,11). The first-order valence-electron chi connectivity index (χ1n) is 4.25. The molecule has 5 heteroatoms. The molecule has 1 amide bonds. The average molecular weight is 189 g/mol. The van der Waals surface area contributed by atoms with Gasteiger partial charge < -0.3 is 14.7 Å². The smallest absolute Gasteiger partial charge is 0.409 e. The molecule has 0 aromatic rings. The third-order valence-electron chi connectivity index (χ3n) is 1.50. The van der Waals surface area contributed by atoms with Gasteiger partial charge in [0.05, 0.1) is 13.0 Å². The van der Waals surface area contributed by atoms with Gasteiger partial charge in [-0.1, -0.05) is 0 Å². The van der Waals surface area contributed by atoms with Crippen LogP contribution >= 0.6 is 0 Å². The van der Waals surface area contributed by atoms with Gasteiger partial charge in [0.15, 0.2) is 0 Å². The normalized spacial score (nSPS) is 9.38. The molecule has 0 aliphatic carbocycles. The van der Waals surface area contributed by atoms with E-state index in [0.717, 1.165) is 0 Å². The number of hydrogen-bond donors (Lipinski definition) is 1. The predicted octanol–water partition coefficient (Wildman–Crippen LogP) is 0.940. The van der Waals surface area contributed by atoms with Crippen molar-refractivity contribution >= 4 is 12.1 Å². The number of carbonyl (C=O) groups is 2. The summed E-state index contributed by atoms with van der Waals surface area (Å²) in [5.41, 5.74) is 0. The van der Waals surface area contributed by atoms with Gasteiger partial charge in [0.2, 0.25) is 0 Å². The van der Waals surface area contributed by atoms with Crippen molar-refractivity contribution in [3.63, 3.8) is 0 Å². The summed E-state index contributed by atoms with van der Waals surface area (Å²) >= 11 is 0. The Hall–Kier alpha value is -1.26. The van der Waals surface area contributed by atoms with Crippen molar-refractivity contribution in [1.29, 1.82) is 0 Å². The first-order chi connectivity index (χ1) is 6.11. The molecule has 13 heavy (non-hydrogen) atoms. The number of carbonyl (C=O) groups excluding carboxylic acids is 1. The molecule has 76 valence electrons. The zero-order chi connectivity index (χ0) is 10.3. The highest BCUT2D eigenvalue weighted by molar-refractivity contribution is 5.70. The van der Waals surface area contributed by atoms with Crippen molar-refractivity contribution in [1.82, 2.24) is 4.90 Å². The lowest BCUT2D eigenvalue weighted by molar-refractivity contribution is -0.137. The van der Waals surface area contributed by atoms with E-state index in [1.807, 2.05) is 0 Å². The molecule has 1 N–H and O–H groups in total. The van der Waals surface area contributed by atoms with E-state index in [-0.39, 0.29) is 13.0 Å². The van der Waals surface area contributed by atoms with E-state index in [9.17, 15) is 9.59 Å². The van der Waals surface area contributed by atoms with Crippen molar-refractivity contribution in [2.75, 3.05) is 19.7 Å². The predicted molar refractivity (Wildman–Crippen MR) is 46.5 cm³/mol. The summed E-state index contributed by atoms with van der Waals surface area (Å²) in [5.74, 6) is -0.914. The van der Waals surface area contributed by atoms with E-state index < -0.39 is 12.1 Å². The summed E-state index contributed by atoms with van der Waals surface area (Å²) in [6.07, 6.45) is -0.502. The maximum atomic E-state index is 11.1. The van der Waals surface area contributed by atoms with Crippen LogP contribution in [0.3, 0.4) is 0 Å². The summed E-state index contributed by atoms with van der Waals surface area (Å²) in [4.78, 5) is 22.7. The van der Waals surface area contributed by atoms with Crippen molar-refractivity contribution in [2.45, 2.75) is 20.3 Å². The summed E-state index contributed by atoms with van der Waals surface area (Å²) in [6.45, 7) is 4.46. The quantitative estimate of drug-likeness (QED) is 0.698. The van der Waals surface area contributed by atoms with Crippen molar-refractivity contribution < 1.29 is 19.4 Å². The molecular weight excluding hydrogens is 174 g/mol. The molecule has 0 saturated carbocycles. The molecule has 0 heterocycles. The molecule has 0 rings (SSSR count). The monoisotopic (exact) mass is 189 g/mol. The fourth-order valence-electron chi connectivity index (χ4n) is 0.824. The number of carboxylic acid groups (broad SMARTS) is 1. The molecule has 0 aromatic heterocycles. The Labute approximate surface area is 77.3 Å². The maximum Gasteiger partial charge on any atom is 0.409 e. The lowest BCUT2D eigenvalue weighted by Gasteiger charge is -2.18. The number of ether oxygens (including phenoxy) is 1. The first-order valence-corrected chi connectivity index (χ1v) is 4.25. The highest BCUT2D eigenvalue weighted by Crippen LogP contribution is 1.95. The number of aliphatic carboxylic acids is 1. The molecule has 0 atom stereocenters. The molecular formula is C8H15NO4. The van der Waals surface area contributed by atoms with Crippen LogP contribution in [-0.4, -0.2) is 41.8 Å². The number of nitrogens with zero attached hydrogens (tertiary/aromatic N) is 1. The Morgan fingerprint density at radius 3 is 2.38 bits per heavy atom. The van der Waals surface area contributed by atoms with E-state index in [2.05, 4.69) is 0 Å². The topological polar surface area (TPSA) is 66.8 Å². The maximum absolute atomic E-state index is 11.1. The van der Waals surface area contributed by atoms with Gasteiger partial charge in [0.1, 0.15) is 0 Å². The highest BCUT2D eigenvalue weighted by Gasteiger charge is 2.12. The number of hydrogen-bond acceptors (Lipinski definition) is 3. The Morgan fingerprint density at radius 2 is 2.00 bits per heavy atom. The van der Waals surface area contributed by atoms with Crippen molar-refractivity contribution in [3.05, 3.63) is 0 Å². The number of rotatable bonds is 5. The molecule has 0 spiro atoms. The van der Waals surface area contributed by atoms with Gasteiger partial charge in [-0.3, -0.25) is 4.79 Å². The Kier molecular flexibility index (Phi) is 5.67. The Bertz CT molecular complexity index is 181. The summed E-state index contributed by atoms with van der Waals surface area (Å²) in [6, 6.07) is 0. The summed E-state index contributed by atoms with van der Waals surface area (Å²) in [5, 5.41) is 8.39. The fourth-order valence-corrected chi connectivity index (χ4v) is 0.824. The van der Waals surface area contributed by atoms with E-state index in [1.54, 1.807) is 13.8 Å². The summed E-state index contributed by atoms with van der Waals surface area (Å²) in [7, 11) is 0. The number of amides is 1. The van der Waals surface area contributed by atoms with Crippen LogP contribution in [0.5, 0.6) is 0 Å². The largest absolute Gasteiger partial charge is 0.481 e. The van der Waals surface area contributed by atoms with Gasteiger partial charge in [-0.2, -0.15) is 0 Å². The van der Waals surface area contributed by atoms with Gasteiger partial charge in [-0.15, -0.1) is 0 Å². The van der Waals surface area contributed by atoms with Gasteiger partial charge in [0.25, 0.3) is 0 Å². The molecule has 0 aromatic carbocycles. The second-order valence-electron chi connectivity index (χ2n) is 2.42. The van der Waals surface area contributed by atoms with Crippen LogP contribution < -0.4 is 0 Å². The van der Waals surface area contributed by atoms with Crippen LogP contribution in [0.15, 0.2) is 0 Å². The fraction of sp³-hybridized carbons (Fsp3) is 0.750. The zero-order valence-electron chi connectivity index (χ0n) is 7.95. The lowest BCUT2D eigenvalue weighted by atomic mass is 10.4. The van der Waals surface area contributed by atoms with Crippen LogP contribution in [0, 0.1) is 0 Å². The summed E-state index contributed by atoms with van der Waals surface area (Å²) < 4.78 is 4.72. The first kappa shape index (κ1) is 11.7. The molecule has 0 radical (unpaired) electrons. The van der Waals surface area contributed by atoms with E-state index in [0.29, 0.717) is 13.2 Å². The molecule has 0 saturated heterocycles. The minimum absolute atomic E-state index is 0.0490. The molecule has 0 bridgehead atoms. The Balaban J connectivity index is 3.87. The minimum atomic E-state index is -0.914. The van der Waals surface area contributed by atoms with E-state index in [1.165, 1.54) is 4.90 Å².